The average Bonchev–Trinajstić information content (AvgIpc) is 3.09. The fourth-order valence-corrected chi connectivity index (χ4v) is 3.42. The summed E-state index contributed by atoms with van der Waals surface area (Å²) in [5.74, 6) is 0.128. The van der Waals surface area contributed by atoms with Gasteiger partial charge in [-0.1, -0.05) is 0 Å². The van der Waals surface area contributed by atoms with E-state index in [9.17, 15) is 13.9 Å². The van der Waals surface area contributed by atoms with E-state index in [1.54, 1.807) is 23.9 Å². The van der Waals surface area contributed by atoms with E-state index >= 15 is 0 Å². The van der Waals surface area contributed by atoms with Crippen molar-refractivity contribution in [1.82, 2.24) is 14.7 Å². The second-order valence-corrected chi connectivity index (χ2v) is 7.65. The molecule has 33 heavy (non-hydrogen) atoms. The van der Waals surface area contributed by atoms with Gasteiger partial charge in [0, 0.05) is 33.9 Å². The molecule has 0 saturated carbocycles. The summed E-state index contributed by atoms with van der Waals surface area (Å²) in [6.07, 6.45) is -0.680. The van der Waals surface area contributed by atoms with Crippen LogP contribution < -0.4 is 4.74 Å². The Morgan fingerprint density at radius 1 is 1.00 bits per heavy atom. The molecule has 9 heteroatoms. The first kappa shape index (κ1) is 24.8. The van der Waals surface area contributed by atoms with Crippen LogP contribution in [0.3, 0.4) is 0 Å². The Bertz CT molecular complexity index is 1010. The molecule has 0 aliphatic heterocycles. The van der Waals surface area contributed by atoms with Crippen molar-refractivity contribution in [3.05, 3.63) is 71.4 Å². The van der Waals surface area contributed by atoms with Crippen LogP contribution in [0.5, 0.6) is 11.6 Å². The molecule has 0 spiro atoms. The number of methoxy groups -OCH3 is 2. The van der Waals surface area contributed by atoms with E-state index < -0.39 is 6.10 Å². The molecule has 1 unspecified atom stereocenters. The Balaban J connectivity index is 1.98. The molecule has 0 saturated heterocycles. The van der Waals surface area contributed by atoms with Crippen LogP contribution >= 0.6 is 0 Å². The van der Waals surface area contributed by atoms with Gasteiger partial charge in [-0.25, -0.2) is 13.5 Å². The molecule has 0 amide bonds. The van der Waals surface area contributed by atoms with Crippen molar-refractivity contribution >= 4 is 0 Å². The van der Waals surface area contributed by atoms with Gasteiger partial charge >= 0.3 is 0 Å². The van der Waals surface area contributed by atoms with E-state index in [4.69, 9.17) is 14.2 Å². The first-order chi connectivity index (χ1) is 15.9. The maximum atomic E-state index is 13.5. The van der Waals surface area contributed by atoms with E-state index in [1.165, 1.54) is 43.5 Å². The van der Waals surface area contributed by atoms with Crippen molar-refractivity contribution in [3.63, 3.8) is 0 Å². The zero-order valence-corrected chi connectivity index (χ0v) is 19.0. The smallest absolute Gasteiger partial charge is 0.227 e. The van der Waals surface area contributed by atoms with Gasteiger partial charge in [-0.05, 0) is 55.5 Å². The Labute approximate surface area is 192 Å². The summed E-state index contributed by atoms with van der Waals surface area (Å²) in [5, 5.41) is 14.9. The number of aromatic nitrogens is 2. The summed E-state index contributed by atoms with van der Waals surface area (Å²) in [6.45, 7) is 3.86. The highest BCUT2D eigenvalue weighted by Crippen LogP contribution is 2.32. The normalized spacial score (nSPS) is 12.3. The lowest BCUT2D eigenvalue weighted by atomic mass is 10.2. The monoisotopic (exact) mass is 461 g/mol. The van der Waals surface area contributed by atoms with E-state index in [0.29, 0.717) is 49.3 Å². The lowest BCUT2D eigenvalue weighted by molar-refractivity contribution is 0.0291. The number of halogens is 2. The number of aryl methyl sites for hydroxylation is 1. The van der Waals surface area contributed by atoms with Gasteiger partial charge in [0.25, 0.3) is 0 Å². The van der Waals surface area contributed by atoms with Gasteiger partial charge < -0.3 is 19.3 Å². The zero-order valence-electron chi connectivity index (χ0n) is 19.0. The number of ether oxygens (including phenoxy) is 3. The number of rotatable bonds is 12. The van der Waals surface area contributed by atoms with Crippen LogP contribution in [0.25, 0.3) is 5.69 Å². The number of aliphatic hydroxyl groups is 1. The van der Waals surface area contributed by atoms with Crippen LogP contribution in [0.15, 0.2) is 48.5 Å². The van der Waals surface area contributed by atoms with E-state index in [-0.39, 0.29) is 18.2 Å². The molecule has 3 rings (SSSR count). The highest BCUT2D eigenvalue weighted by molar-refractivity contribution is 5.43. The van der Waals surface area contributed by atoms with Crippen LogP contribution in [0.1, 0.15) is 11.3 Å². The highest BCUT2D eigenvalue weighted by Gasteiger charge is 2.22. The second kappa shape index (κ2) is 11.9. The highest BCUT2D eigenvalue weighted by atomic mass is 19.1. The maximum Gasteiger partial charge on any atom is 0.227 e. The molecule has 0 fully saturated rings. The lowest BCUT2D eigenvalue weighted by Crippen LogP contribution is -2.36. The standard InChI is InChI=1S/C24H29F2N3O4/c1-17-23(15-28(12-13-31-2)14-21(30)16-32-3)24(33-22-10-6-19(26)7-11-22)29(27-17)20-8-4-18(25)5-9-20/h4-11,21,30H,12-16H2,1-3H3. The Morgan fingerprint density at radius 2 is 1.64 bits per heavy atom. The van der Waals surface area contributed by atoms with Gasteiger partial charge in [0.1, 0.15) is 17.4 Å². The number of hydrogen-bond donors (Lipinski definition) is 1. The largest absolute Gasteiger partial charge is 0.439 e. The number of nitrogens with zero attached hydrogens (tertiary/aromatic N) is 3. The number of aliphatic hydroxyl groups excluding tert-OH is 1. The fraction of sp³-hybridized carbons (Fsp3) is 0.375. The van der Waals surface area contributed by atoms with Crippen LogP contribution in [0, 0.1) is 18.6 Å². The summed E-state index contributed by atoms with van der Waals surface area (Å²) in [6, 6.07) is 11.6. The quantitative estimate of drug-likeness (QED) is 0.444. The van der Waals surface area contributed by atoms with Gasteiger partial charge in [0.2, 0.25) is 5.88 Å². The van der Waals surface area contributed by atoms with Gasteiger partial charge in [-0.3, -0.25) is 4.90 Å². The van der Waals surface area contributed by atoms with Crippen molar-refractivity contribution in [2.75, 3.05) is 40.5 Å². The van der Waals surface area contributed by atoms with Crippen molar-refractivity contribution in [1.29, 1.82) is 0 Å². The molecule has 2 aromatic carbocycles. The van der Waals surface area contributed by atoms with E-state index in [2.05, 4.69) is 5.10 Å². The van der Waals surface area contributed by atoms with E-state index in [0.717, 1.165) is 5.56 Å². The van der Waals surface area contributed by atoms with E-state index in [1.807, 2.05) is 11.8 Å². The van der Waals surface area contributed by atoms with Crippen LogP contribution in [0.4, 0.5) is 8.78 Å². The van der Waals surface area contributed by atoms with Crippen molar-refractivity contribution in [2.45, 2.75) is 19.6 Å². The number of hydrogen-bond acceptors (Lipinski definition) is 6. The van der Waals surface area contributed by atoms with Gasteiger partial charge in [0.05, 0.1) is 36.3 Å². The summed E-state index contributed by atoms with van der Waals surface area (Å²) in [7, 11) is 3.15. The third-order valence-electron chi connectivity index (χ3n) is 5.06. The molecular formula is C24H29F2N3O4. The molecule has 1 aromatic heterocycles. The SMILES string of the molecule is COCCN(Cc1c(C)nn(-c2ccc(F)cc2)c1Oc1ccc(F)cc1)CC(O)COC. The Hall–Kier alpha value is -2.85. The third kappa shape index (κ3) is 6.82. The van der Waals surface area contributed by atoms with Crippen molar-refractivity contribution in [3.8, 4) is 17.3 Å². The van der Waals surface area contributed by atoms with Crippen LogP contribution in [0.2, 0.25) is 0 Å². The molecule has 0 aliphatic rings. The van der Waals surface area contributed by atoms with Gasteiger partial charge in [-0.15, -0.1) is 0 Å². The van der Waals surface area contributed by atoms with Gasteiger partial charge in [0.15, 0.2) is 0 Å². The van der Waals surface area contributed by atoms with Crippen LogP contribution in [-0.4, -0.2) is 66.4 Å². The topological polar surface area (TPSA) is 69.0 Å². The predicted molar refractivity (Wildman–Crippen MR) is 120 cm³/mol. The fourth-order valence-electron chi connectivity index (χ4n) is 3.42. The minimum Gasteiger partial charge on any atom is -0.439 e. The lowest BCUT2D eigenvalue weighted by Gasteiger charge is -2.25. The molecule has 1 heterocycles. The molecule has 1 atom stereocenters. The summed E-state index contributed by atoms with van der Waals surface area (Å²) >= 11 is 0. The molecule has 0 aliphatic carbocycles. The van der Waals surface area contributed by atoms with Crippen molar-refractivity contribution < 1.29 is 28.1 Å². The third-order valence-corrected chi connectivity index (χ3v) is 5.06. The minimum absolute atomic E-state index is 0.205. The molecule has 1 N–H and O–H groups in total. The summed E-state index contributed by atoms with van der Waals surface area (Å²) in [4.78, 5) is 2.02. The molecule has 7 nitrogen and oxygen atoms in total. The van der Waals surface area contributed by atoms with Crippen LogP contribution in [-0.2, 0) is 16.0 Å². The zero-order chi connectivity index (χ0) is 23.8. The van der Waals surface area contributed by atoms with Crippen molar-refractivity contribution in [2.24, 2.45) is 0 Å². The second-order valence-electron chi connectivity index (χ2n) is 7.65. The summed E-state index contributed by atoms with van der Waals surface area (Å²) < 4.78 is 44.9. The molecular weight excluding hydrogens is 432 g/mol. The maximum absolute atomic E-state index is 13.5. The first-order valence-corrected chi connectivity index (χ1v) is 10.6. The Morgan fingerprint density at radius 3 is 2.24 bits per heavy atom. The molecule has 0 bridgehead atoms. The van der Waals surface area contributed by atoms with Gasteiger partial charge in [-0.2, -0.15) is 5.10 Å². The first-order valence-electron chi connectivity index (χ1n) is 10.6. The molecule has 178 valence electrons. The Kier molecular flexibility index (Phi) is 8.90. The average molecular weight is 462 g/mol. The predicted octanol–water partition coefficient (Wildman–Crippen LogP) is 3.71. The molecule has 3 aromatic rings. The number of benzene rings is 2. The summed E-state index contributed by atoms with van der Waals surface area (Å²) in [5.41, 5.74) is 2.11. The minimum atomic E-state index is -0.680. The molecule has 0 radical (unpaired) electrons.